The first-order valence-electron chi connectivity index (χ1n) is 4.32. The first-order chi connectivity index (χ1) is 5.47. The molecule has 1 saturated carbocycles. The fourth-order valence-electron chi connectivity index (χ4n) is 1.70. The molecule has 0 N–H and O–H groups in total. The minimum Gasteiger partial charge on any atom is -0.270 e. The first-order valence-corrected chi connectivity index (χ1v) is 6.13. The van der Waals surface area contributed by atoms with Crippen molar-refractivity contribution >= 4 is 10.1 Å². The lowest BCUT2D eigenvalue weighted by Crippen LogP contribution is -2.11. The molecular weight excluding hydrogens is 176 g/mol. The topological polar surface area (TPSA) is 43.4 Å². The summed E-state index contributed by atoms with van der Waals surface area (Å²) in [6, 6.07) is 0. The smallest absolute Gasteiger partial charge is 0.264 e. The molecule has 0 radical (unpaired) electrons. The predicted molar refractivity (Wildman–Crippen MR) is 47.3 cm³/mol. The predicted octanol–water partition coefficient (Wildman–Crippen LogP) is 1.40. The van der Waals surface area contributed by atoms with Crippen molar-refractivity contribution in [1.29, 1.82) is 0 Å². The van der Waals surface area contributed by atoms with Crippen molar-refractivity contribution in [3.05, 3.63) is 0 Å². The van der Waals surface area contributed by atoms with Gasteiger partial charge in [0.15, 0.2) is 0 Å². The Labute approximate surface area is 74.2 Å². The van der Waals surface area contributed by atoms with Crippen LogP contribution in [0.3, 0.4) is 0 Å². The molecule has 0 spiro atoms. The van der Waals surface area contributed by atoms with E-state index < -0.39 is 10.1 Å². The monoisotopic (exact) mass is 192 g/mol. The lowest BCUT2D eigenvalue weighted by molar-refractivity contribution is 0.256. The van der Waals surface area contributed by atoms with Crippen molar-refractivity contribution < 1.29 is 12.6 Å². The Hall–Kier alpha value is -0.0900. The fraction of sp³-hybridized carbons (Fsp3) is 1.00. The molecule has 72 valence electrons. The molecular formula is C8H16O3S. The van der Waals surface area contributed by atoms with Crippen LogP contribution in [-0.4, -0.2) is 21.3 Å². The molecule has 1 aliphatic carbocycles. The second kappa shape index (κ2) is 3.75. The lowest BCUT2D eigenvalue weighted by atomic mass is 10.1. The summed E-state index contributed by atoms with van der Waals surface area (Å²) in [5, 5.41) is 0. The maximum absolute atomic E-state index is 10.6. The molecule has 0 saturated heterocycles. The van der Waals surface area contributed by atoms with Gasteiger partial charge in [-0.15, -0.1) is 0 Å². The minimum absolute atomic E-state index is 0.378. The van der Waals surface area contributed by atoms with Crippen LogP contribution in [0, 0.1) is 11.8 Å². The molecule has 0 aromatic carbocycles. The van der Waals surface area contributed by atoms with Crippen molar-refractivity contribution in [1.82, 2.24) is 0 Å². The number of hydrogen-bond acceptors (Lipinski definition) is 3. The molecule has 0 aromatic rings. The van der Waals surface area contributed by atoms with E-state index in [9.17, 15) is 8.42 Å². The van der Waals surface area contributed by atoms with Crippen molar-refractivity contribution in [2.24, 2.45) is 11.8 Å². The van der Waals surface area contributed by atoms with E-state index in [1.165, 1.54) is 6.42 Å². The van der Waals surface area contributed by atoms with Gasteiger partial charge in [-0.05, 0) is 24.7 Å². The molecule has 1 rings (SSSR count). The molecule has 1 aliphatic rings. The van der Waals surface area contributed by atoms with Crippen LogP contribution in [0.15, 0.2) is 0 Å². The molecule has 1 fully saturated rings. The Morgan fingerprint density at radius 3 is 2.50 bits per heavy atom. The Kier molecular flexibility index (Phi) is 3.12. The van der Waals surface area contributed by atoms with Crippen LogP contribution in [0.2, 0.25) is 0 Å². The van der Waals surface area contributed by atoms with Gasteiger partial charge >= 0.3 is 0 Å². The van der Waals surface area contributed by atoms with Gasteiger partial charge < -0.3 is 0 Å². The first kappa shape index (κ1) is 9.99. The third-order valence-electron chi connectivity index (χ3n) is 2.32. The standard InChI is InChI=1S/C8H16O3S/c1-7-3-4-8(5-7)6-11-12(2,9)10/h7-8H,3-6H2,1-2H3/t7-,8-/m1/s1. The Morgan fingerprint density at radius 1 is 1.42 bits per heavy atom. The molecule has 0 amide bonds. The van der Waals surface area contributed by atoms with Gasteiger partial charge in [0.1, 0.15) is 0 Å². The van der Waals surface area contributed by atoms with Crippen molar-refractivity contribution in [3.63, 3.8) is 0 Å². The average Bonchev–Trinajstić information content (AvgIpc) is 2.30. The highest BCUT2D eigenvalue weighted by molar-refractivity contribution is 7.85. The van der Waals surface area contributed by atoms with Crippen LogP contribution in [0.1, 0.15) is 26.2 Å². The van der Waals surface area contributed by atoms with E-state index in [1.54, 1.807) is 0 Å². The number of rotatable bonds is 3. The zero-order valence-corrected chi connectivity index (χ0v) is 8.43. The Balaban J connectivity index is 2.25. The molecule has 0 heterocycles. The summed E-state index contributed by atoms with van der Waals surface area (Å²) in [5.41, 5.74) is 0. The van der Waals surface area contributed by atoms with Crippen LogP contribution in [0.25, 0.3) is 0 Å². The highest BCUT2D eigenvalue weighted by atomic mass is 32.2. The molecule has 0 bridgehead atoms. The number of hydrogen-bond donors (Lipinski definition) is 0. The van der Waals surface area contributed by atoms with Crippen LogP contribution in [0.4, 0.5) is 0 Å². The largest absolute Gasteiger partial charge is 0.270 e. The van der Waals surface area contributed by atoms with E-state index >= 15 is 0 Å². The second-order valence-corrected chi connectivity index (χ2v) is 5.42. The Morgan fingerprint density at radius 2 is 2.08 bits per heavy atom. The summed E-state index contributed by atoms with van der Waals surface area (Å²) in [5.74, 6) is 1.19. The van der Waals surface area contributed by atoms with Gasteiger partial charge in [-0.2, -0.15) is 8.42 Å². The van der Waals surface area contributed by atoms with Gasteiger partial charge in [0.05, 0.1) is 12.9 Å². The highest BCUT2D eigenvalue weighted by Gasteiger charge is 2.22. The molecule has 3 nitrogen and oxygen atoms in total. The highest BCUT2D eigenvalue weighted by Crippen LogP contribution is 2.30. The summed E-state index contributed by atoms with van der Waals surface area (Å²) in [6.45, 7) is 2.57. The van der Waals surface area contributed by atoms with Gasteiger partial charge in [-0.1, -0.05) is 13.3 Å². The minimum atomic E-state index is -3.23. The molecule has 0 aliphatic heterocycles. The lowest BCUT2D eigenvalue weighted by Gasteiger charge is -2.07. The fourth-order valence-corrected chi connectivity index (χ4v) is 2.14. The molecule has 4 heteroatoms. The van der Waals surface area contributed by atoms with Gasteiger partial charge in [0, 0.05) is 0 Å². The third kappa shape index (κ3) is 3.54. The zero-order valence-electron chi connectivity index (χ0n) is 7.62. The van der Waals surface area contributed by atoms with Gasteiger partial charge in [-0.3, -0.25) is 4.18 Å². The summed E-state index contributed by atoms with van der Waals surface area (Å²) in [6.07, 6.45) is 4.52. The molecule has 0 unspecified atom stereocenters. The third-order valence-corrected chi connectivity index (χ3v) is 2.89. The SMILES string of the molecule is C[C@@H]1CC[C@@H](COS(C)(=O)=O)C1. The molecule has 0 aromatic heterocycles. The zero-order chi connectivity index (χ0) is 9.19. The van der Waals surface area contributed by atoms with Gasteiger partial charge in [-0.25, -0.2) is 0 Å². The van der Waals surface area contributed by atoms with Crippen LogP contribution in [-0.2, 0) is 14.3 Å². The summed E-state index contributed by atoms with van der Waals surface area (Å²) >= 11 is 0. The van der Waals surface area contributed by atoms with E-state index in [0.717, 1.165) is 25.0 Å². The van der Waals surface area contributed by atoms with Crippen LogP contribution >= 0.6 is 0 Å². The maximum atomic E-state index is 10.6. The average molecular weight is 192 g/mol. The van der Waals surface area contributed by atoms with Crippen LogP contribution < -0.4 is 0 Å². The van der Waals surface area contributed by atoms with E-state index in [-0.39, 0.29) is 0 Å². The normalized spacial score (nSPS) is 30.8. The van der Waals surface area contributed by atoms with Crippen molar-refractivity contribution in [2.75, 3.05) is 12.9 Å². The van der Waals surface area contributed by atoms with Crippen molar-refractivity contribution in [3.8, 4) is 0 Å². The van der Waals surface area contributed by atoms with Gasteiger partial charge in [0.2, 0.25) is 0 Å². The Bertz CT molecular complexity index is 233. The van der Waals surface area contributed by atoms with Gasteiger partial charge in [0.25, 0.3) is 10.1 Å². The van der Waals surface area contributed by atoms with E-state index in [2.05, 4.69) is 6.92 Å². The summed E-state index contributed by atoms with van der Waals surface area (Å²) in [7, 11) is -3.23. The summed E-state index contributed by atoms with van der Waals surface area (Å²) < 4.78 is 26.0. The van der Waals surface area contributed by atoms with Crippen molar-refractivity contribution in [2.45, 2.75) is 26.2 Å². The second-order valence-electron chi connectivity index (χ2n) is 3.77. The van der Waals surface area contributed by atoms with E-state index in [0.29, 0.717) is 12.5 Å². The summed E-state index contributed by atoms with van der Waals surface area (Å²) in [4.78, 5) is 0. The molecule has 2 atom stereocenters. The van der Waals surface area contributed by atoms with Crippen LogP contribution in [0.5, 0.6) is 0 Å². The van der Waals surface area contributed by atoms with E-state index in [4.69, 9.17) is 4.18 Å². The van der Waals surface area contributed by atoms with E-state index in [1.807, 2.05) is 0 Å². The quantitative estimate of drug-likeness (QED) is 0.635. The maximum Gasteiger partial charge on any atom is 0.264 e. The molecule has 12 heavy (non-hydrogen) atoms.